The van der Waals surface area contributed by atoms with Gasteiger partial charge in [-0.25, -0.2) is 4.79 Å². The standard InChI is InChI=1S/C17H22Cl2N2O4/c18-15-2-1-13(9-16(15)19)25-12-3-5-20(6-4-12)10-14-11-21(17(22)23)7-8-24-14/h1-2,9,12,14H,3-8,10-11H2,(H,22,23)/t14-/m1/s1. The SMILES string of the molecule is O=C(O)N1CCO[C@H](CN2CCC(Oc3ccc(Cl)c(Cl)c3)CC2)C1. The fraction of sp³-hybridized carbons (Fsp3) is 0.588. The summed E-state index contributed by atoms with van der Waals surface area (Å²) in [6.07, 6.45) is 1.04. The van der Waals surface area contributed by atoms with E-state index in [9.17, 15) is 4.79 Å². The van der Waals surface area contributed by atoms with Crippen LogP contribution >= 0.6 is 23.2 Å². The fourth-order valence-electron chi connectivity index (χ4n) is 3.24. The Morgan fingerprint density at radius 1 is 1.24 bits per heavy atom. The number of rotatable bonds is 4. The van der Waals surface area contributed by atoms with Crippen molar-refractivity contribution in [2.24, 2.45) is 0 Å². The maximum atomic E-state index is 11.1. The molecule has 2 aliphatic rings. The smallest absolute Gasteiger partial charge is 0.407 e. The van der Waals surface area contributed by atoms with Gasteiger partial charge in [0.1, 0.15) is 11.9 Å². The molecule has 1 aromatic rings. The topological polar surface area (TPSA) is 62.2 Å². The van der Waals surface area contributed by atoms with Crippen molar-refractivity contribution in [1.82, 2.24) is 9.80 Å². The van der Waals surface area contributed by atoms with Crippen molar-refractivity contribution in [3.05, 3.63) is 28.2 Å². The van der Waals surface area contributed by atoms with Gasteiger partial charge in [-0.15, -0.1) is 0 Å². The van der Waals surface area contributed by atoms with Gasteiger partial charge in [-0.3, -0.25) is 0 Å². The van der Waals surface area contributed by atoms with Gasteiger partial charge in [0.15, 0.2) is 0 Å². The molecule has 1 N–H and O–H groups in total. The van der Waals surface area contributed by atoms with E-state index in [1.54, 1.807) is 12.1 Å². The summed E-state index contributed by atoms with van der Waals surface area (Å²) in [5, 5.41) is 10.1. The Morgan fingerprint density at radius 2 is 2.00 bits per heavy atom. The van der Waals surface area contributed by atoms with Crippen molar-refractivity contribution in [3.63, 3.8) is 0 Å². The lowest BCUT2D eigenvalue weighted by atomic mass is 10.1. The van der Waals surface area contributed by atoms with E-state index in [4.69, 9.17) is 37.8 Å². The van der Waals surface area contributed by atoms with Gasteiger partial charge in [0, 0.05) is 32.2 Å². The van der Waals surface area contributed by atoms with E-state index in [1.807, 2.05) is 6.07 Å². The summed E-state index contributed by atoms with van der Waals surface area (Å²) in [7, 11) is 0. The Balaban J connectivity index is 1.44. The molecule has 138 valence electrons. The highest BCUT2D eigenvalue weighted by molar-refractivity contribution is 6.42. The zero-order valence-corrected chi connectivity index (χ0v) is 15.4. The van der Waals surface area contributed by atoms with Gasteiger partial charge in [0.05, 0.1) is 29.3 Å². The summed E-state index contributed by atoms with van der Waals surface area (Å²) in [5.74, 6) is 0.737. The Bertz CT molecular complexity index is 608. The van der Waals surface area contributed by atoms with Crippen LogP contribution in [0.5, 0.6) is 5.75 Å². The van der Waals surface area contributed by atoms with Gasteiger partial charge in [-0.1, -0.05) is 23.2 Å². The number of nitrogens with zero attached hydrogens (tertiary/aromatic N) is 2. The third-order valence-corrected chi connectivity index (χ3v) is 5.34. The number of hydrogen-bond acceptors (Lipinski definition) is 4. The second-order valence-corrected chi connectivity index (χ2v) is 7.23. The van der Waals surface area contributed by atoms with E-state index in [0.29, 0.717) is 29.7 Å². The lowest BCUT2D eigenvalue weighted by Gasteiger charge is -2.37. The number of carboxylic acid groups (broad SMARTS) is 1. The molecule has 0 spiro atoms. The van der Waals surface area contributed by atoms with Crippen molar-refractivity contribution in [1.29, 1.82) is 0 Å². The number of amides is 1. The van der Waals surface area contributed by atoms with E-state index in [1.165, 1.54) is 4.90 Å². The first kappa shape index (κ1) is 18.6. The number of ether oxygens (including phenoxy) is 2. The number of halogens is 2. The summed E-state index contributed by atoms with van der Waals surface area (Å²) in [6, 6.07) is 5.31. The highest BCUT2D eigenvalue weighted by atomic mass is 35.5. The van der Waals surface area contributed by atoms with Crippen LogP contribution in [0.3, 0.4) is 0 Å². The molecular weight excluding hydrogens is 367 g/mol. The minimum absolute atomic E-state index is 0.0580. The summed E-state index contributed by atoms with van der Waals surface area (Å²) >= 11 is 11.9. The molecule has 0 aromatic heterocycles. The molecule has 1 amide bonds. The highest BCUT2D eigenvalue weighted by Gasteiger charge is 2.28. The Labute approximate surface area is 157 Å². The molecule has 8 heteroatoms. The first-order valence-corrected chi connectivity index (χ1v) is 9.20. The largest absolute Gasteiger partial charge is 0.490 e. The molecule has 25 heavy (non-hydrogen) atoms. The van der Waals surface area contributed by atoms with E-state index in [2.05, 4.69) is 4.90 Å². The van der Waals surface area contributed by atoms with Gasteiger partial charge < -0.3 is 24.4 Å². The van der Waals surface area contributed by atoms with Crippen LogP contribution in [0.4, 0.5) is 4.79 Å². The second-order valence-electron chi connectivity index (χ2n) is 6.42. The van der Waals surface area contributed by atoms with Crippen molar-refractivity contribution in [2.75, 3.05) is 39.3 Å². The van der Waals surface area contributed by atoms with Crippen LogP contribution in [0.2, 0.25) is 10.0 Å². The van der Waals surface area contributed by atoms with Gasteiger partial charge in [0.2, 0.25) is 0 Å². The molecule has 2 saturated heterocycles. The molecular formula is C17H22Cl2N2O4. The number of hydrogen-bond donors (Lipinski definition) is 1. The third kappa shape index (κ3) is 5.14. The van der Waals surface area contributed by atoms with Gasteiger partial charge in [-0.2, -0.15) is 0 Å². The molecule has 2 fully saturated rings. The van der Waals surface area contributed by atoms with Crippen LogP contribution in [0.15, 0.2) is 18.2 Å². The second kappa shape index (κ2) is 8.45. The zero-order chi connectivity index (χ0) is 17.8. The van der Waals surface area contributed by atoms with Gasteiger partial charge in [0.25, 0.3) is 0 Å². The lowest BCUT2D eigenvalue weighted by Crippen LogP contribution is -2.50. The number of carbonyl (C=O) groups is 1. The zero-order valence-electron chi connectivity index (χ0n) is 13.9. The Kier molecular flexibility index (Phi) is 6.28. The van der Waals surface area contributed by atoms with Crippen molar-refractivity contribution < 1.29 is 19.4 Å². The summed E-state index contributed by atoms with van der Waals surface area (Å²) in [5.41, 5.74) is 0. The fourth-order valence-corrected chi connectivity index (χ4v) is 3.53. The van der Waals surface area contributed by atoms with E-state index in [-0.39, 0.29) is 12.2 Å². The number of morpholine rings is 1. The molecule has 0 aliphatic carbocycles. The normalized spacial score (nSPS) is 22.8. The van der Waals surface area contributed by atoms with Crippen LogP contribution in [-0.2, 0) is 4.74 Å². The molecule has 2 heterocycles. The highest BCUT2D eigenvalue weighted by Crippen LogP contribution is 2.28. The van der Waals surface area contributed by atoms with Gasteiger partial charge in [-0.05, 0) is 25.0 Å². The first-order valence-electron chi connectivity index (χ1n) is 8.45. The van der Waals surface area contributed by atoms with Gasteiger partial charge >= 0.3 is 6.09 Å². The van der Waals surface area contributed by atoms with Crippen LogP contribution in [-0.4, -0.2) is 72.5 Å². The van der Waals surface area contributed by atoms with E-state index < -0.39 is 6.09 Å². The molecule has 2 aliphatic heterocycles. The number of benzene rings is 1. The molecule has 6 nitrogen and oxygen atoms in total. The molecule has 1 atom stereocenters. The van der Waals surface area contributed by atoms with Crippen LogP contribution in [0.1, 0.15) is 12.8 Å². The quantitative estimate of drug-likeness (QED) is 0.857. The predicted octanol–water partition coefficient (Wildman–Crippen LogP) is 3.22. The van der Waals surface area contributed by atoms with Crippen LogP contribution in [0, 0.1) is 0 Å². The maximum absolute atomic E-state index is 11.1. The first-order chi connectivity index (χ1) is 12.0. The average Bonchev–Trinajstić information content (AvgIpc) is 2.60. The summed E-state index contributed by atoms with van der Waals surface area (Å²) in [4.78, 5) is 14.8. The lowest BCUT2D eigenvalue weighted by molar-refractivity contribution is -0.0424. The molecule has 3 rings (SSSR count). The van der Waals surface area contributed by atoms with E-state index in [0.717, 1.165) is 38.2 Å². The van der Waals surface area contributed by atoms with E-state index >= 15 is 0 Å². The monoisotopic (exact) mass is 388 g/mol. The molecule has 0 radical (unpaired) electrons. The predicted molar refractivity (Wildman–Crippen MR) is 95.9 cm³/mol. The minimum atomic E-state index is -0.873. The van der Waals surface area contributed by atoms with Crippen LogP contribution in [0.25, 0.3) is 0 Å². The van der Waals surface area contributed by atoms with Crippen molar-refractivity contribution in [2.45, 2.75) is 25.0 Å². The average molecular weight is 389 g/mol. The molecule has 0 unspecified atom stereocenters. The maximum Gasteiger partial charge on any atom is 0.407 e. The Morgan fingerprint density at radius 3 is 2.68 bits per heavy atom. The van der Waals surface area contributed by atoms with Crippen LogP contribution < -0.4 is 4.74 Å². The molecule has 0 saturated carbocycles. The molecule has 0 bridgehead atoms. The van der Waals surface area contributed by atoms with Crippen molar-refractivity contribution >= 4 is 29.3 Å². The number of likely N-dealkylation sites (tertiary alicyclic amines) is 1. The molecule has 1 aromatic carbocycles. The summed E-state index contributed by atoms with van der Waals surface area (Å²) < 4.78 is 11.7. The Hall–Kier alpha value is -1.21. The number of piperidine rings is 1. The third-order valence-electron chi connectivity index (χ3n) is 4.60. The minimum Gasteiger partial charge on any atom is -0.490 e. The summed E-state index contributed by atoms with van der Waals surface area (Å²) in [6.45, 7) is 3.91. The van der Waals surface area contributed by atoms with Crippen molar-refractivity contribution in [3.8, 4) is 5.75 Å².